The molecule has 4 N–H and O–H groups in total. The standard InChI is InChI=1S/C21H24F3N6O5P/c22-11-7-15(23)18(16(24)8-11)28-21-27-17-9-25-20(29-19(17)30(21)13-5-6-34-10-13)26-12-1-3-14(4-2-12)35-36(31,32)33/h7-9,12-14H,1-6,10H2,(H,27,28)(H,25,26,29)(H2,31,32,33)/t12?,13-,14?/m0/s1. The molecule has 3 heterocycles. The number of phosphoric acid groups is 1. The molecule has 0 bridgehead atoms. The molecule has 1 saturated carbocycles. The molecule has 2 aromatic heterocycles. The molecule has 3 aromatic rings. The molecule has 15 heteroatoms. The van der Waals surface area contributed by atoms with Gasteiger partial charge in [-0.25, -0.2) is 27.7 Å². The van der Waals surface area contributed by atoms with E-state index in [1.165, 1.54) is 6.20 Å². The minimum Gasteiger partial charge on any atom is -0.379 e. The number of nitrogens with one attached hydrogen (secondary N) is 2. The van der Waals surface area contributed by atoms with Gasteiger partial charge in [0.25, 0.3) is 0 Å². The number of benzene rings is 1. The number of phosphoric ester groups is 1. The van der Waals surface area contributed by atoms with Crippen LogP contribution in [-0.2, 0) is 13.8 Å². The predicted octanol–water partition coefficient (Wildman–Crippen LogP) is 3.78. The van der Waals surface area contributed by atoms with Gasteiger partial charge < -0.3 is 25.2 Å². The molecule has 0 unspecified atom stereocenters. The van der Waals surface area contributed by atoms with Crippen molar-refractivity contribution in [2.75, 3.05) is 23.8 Å². The fourth-order valence-electron chi connectivity index (χ4n) is 4.58. The molecular weight excluding hydrogens is 504 g/mol. The zero-order chi connectivity index (χ0) is 25.4. The van der Waals surface area contributed by atoms with Crippen molar-refractivity contribution in [1.82, 2.24) is 19.5 Å². The molecule has 11 nitrogen and oxygen atoms in total. The second-order valence-electron chi connectivity index (χ2n) is 8.81. The number of ether oxygens (including phenoxy) is 1. The van der Waals surface area contributed by atoms with Gasteiger partial charge in [0.05, 0.1) is 24.9 Å². The van der Waals surface area contributed by atoms with Crippen molar-refractivity contribution in [3.8, 4) is 0 Å². The Morgan fingerprint density at radius 1 is 1.08 bits per heavy atom. The van der Waals surface area contributed by atoms with Crippen LogP contribution in [0.4, 0.5) is 30.8 Å². The third-order valence-corrected chi connectivity index (χ3v) is 6.81. The zero-order valence-corrected chi connectivity index (χ0v) is 19.8. The minimum absolute atomic E-state index is 0.0368. The van der Waals surface area contributed by atoms with Crippen LogP contribution in [0.2, 0.25) is 0 Å². The molecule has 194 valence electrons. The van der Waals surface area contributed by atoms with Crippen LogP contribution in [0.3, 0.4) is 0 Å². The Bertz CT molecular complexity index is 1280. The summed E-state index contributed by atoms with van der Waals surface area (Å²) in [5.41, 5.74) is 0.274. The third kappa shape index (κ3) is 5.47. The van der Waals surface area contributed by atoms with Gasteiger partial charge in [-0.2, -0.15) is 4.98 Å². The van der Waals surface area contributed by atoms with E-state index in [-0.39, 0.29) is 18.0 Å². The quantitative estimate of drug-likeness (QED) is 0.335. The predicted molar refractivity (Wildman–Crippen MR) is 122 cm³/mol. The maximum Gasteiger partial charge on any atom is 0.469 e. The summed E-state index contributed by atoms with van der Waals surface area (Å²) in [6.45, 7) is 0.851. The van der Waals surface area contributed by atoms with E-state index < -0.39 is 37.1 Å². The highest BCUT2D eigenvalue weighted by molar-refractivity contribution is 7.46. The van der Waals surface area contributed by atoms with Crippen LogP contribution < -0.4 is 10.6 Å². The number of anilines is 3. The molecular formula is C21H24F3N6O5P. The average molecular weight is 528 g/mol. The highest BCUT2D eigenvalue weighted by Gasteiger charge is 2.29. The van der Waals surface area contributed by atoms with Gasteiger partial charge in [-0.3, -0.25) is 9.09 Å². The first-order chi connectivity index (χ1) is 17.2. The van der Waals surface area contributed by atoms with Gasteiger partial charge in [0.2, 0.25) is 11.9 Å². The lowest BCUT2D eigenvalue weighted by Gasteiger charge is -2.29. The summed E-state index contributed by atoms with van der Waals surface area (Å²) in [6, 6.07) is 0.925. The van der Waals surface area contributed by atoms with Crippen molar-refractivity contribution in [1.29, 1.82) is 0 Å². The number of nitrogens with zero attached hydrogens (tertiary/aromatic N) is 4. The Labute approximate surface area is 203 Å². The molecule has 2 fully saturated rings. The van der Waals surface area contributed by atoms with Crippen LogP contribution in [0.15, 0.2) is 18.3 Å². The number of hydrogen-bond donors (Lipinski definition) is 4. The third-order valence-electron chi connectivity index (χ3n) is 6.24. The van der Waals surface area contributed by atoms with E-state index in [0.29, 0.717) is 74.6 Å². The molecule has 1 aliphatic carbocycles. The van der Waals surface area contributed by atoms with Crippen LogP contribution >= 0.6 is 7.82 Å². The minimum atomic E-state index is -4.53. The van der Waals surface area contributed by atoms with E-state index in [9.17, 15) is 17.7 Å². The van der Waals surface area contributed by atoms with Gasteiger partial charge in [-0.05, 0) is 32.1 Å². The summed E-state index contributed by atoms with van der Waals surface area (Å²) < 4.78 is 65.0. The van der Waals surface area contributed by atoms with Gasteiger partial charge in [-0.15, -0.1) is 0 Å². The van der Waals surface area contributed by atoms with E-state index in [4.69, 9.17) is 19.0 Å². The molecule has 0 spiro atoms. The zero-order valence-electron chi connectivity index (χ0n) is 18.9. The first kappa shape index (κ1) is 24.9. The average Bonchev–Trinajstić information content (AvgIpc) is 3.44. The number of halogens is 3. The first-order valence-corrected chi connectivity index (χ1v) is 12.9. The molecule has 36 heavy (non-hydrogen) atoms. The summed E-state index contributed by atoms with van der Waals surface area (Å²) in [4.78, 5) is 31.3. The Hall–Kier alpha value is -2.77. The van der Waals surface area contributed by atoms with Crippen molar-refractivity contribution in [3.05, 3.63) is 35.8 Å². The van der Waals surface area contributed by atoms with Gasteiger partial charge >= 0.3 is 7.82 Å². The maximum atomic E-state index is 14.3. The molecule has 0 amide bonds. The Kier molecular flexibility index (Phi) is 6.88. The number of fused-ring (bicyclic) bond motifs is 1. The summed E-state index contributed by atoms with van der Waals surface area (Å²) in [7, 11) is -4.53. The van der Waals surface area contributed by atoms with Crippen molar-refractivity contribution >= 4 is 36.6 Å². The molecule has 0 radical (unpaired) electrons. The van der Waals surface area contributed by atoms with Crippen LogP contribution in [-0.4, -0.2) is 54.7 Å². The summed E-state index contributed by atoms with van der Waals surface area (Å²) in [5, 5.41) is 5.87. The Morgan fingerprint density at radius 3 is 2.44 bits per heavy atom. The van der Waals surface area contributed by atoms with E-state index in [1.54, 1.807) is 4.57 Å². The molecule has 2 aliphatic rings. The molecule has 5 rings (SSSR count). The van der Waals surface area contributed by atoms with Crippen molar-refractivity contribution < 1.29 is 36.8 Å². The topological polar surface area (TPSA) is 144 Å². The molecule has 1 atom stereocenters. The van der Waals surface area contributed by atoms with Crippen molar-refractivity contribution in [3.63, 3.8) is 0 Å². The van der Waals surface area contributed by atoms with Crippen LogP contribution in [0.1, 0.15) is 38.1 Å². The number of rotatable bonds is 7. The largest absolute Gasteiger partial charge is 0.469 e. The summed E-state index contributed by atoms with van der Waals surface area (Å²) in [6.07, 6.45) is 3.72. The van der Waals surface area contributed by atoms with E-state index in [2.05, 4.69) is 25.6 Å². The normalized spacial score (nSPS) is 22.8. The number of imidazole rings is 1. The van der Waals surface area contributed by atoms with E-state index >= 15 is 0 Å². The van der Waals surface area contributed by atoms with Crippen molar-refractivity contribution in [2.45, 2.75) is 50.3 Å². The van der Waals surface area contributed by atoms with Gasteiger partial charge in [0.1, 0.15) is 17.0 Å². The highest BCUT2D eigenvalue weighted by atomic mass is 31.2. The second-order valence-corrected chi connectivity index (χ2v) is 10.0. The Morgan fingerprint density at radius 2 is 1.81 bits per heavy atom. The van der Waals surface area contributed by atoms with Gasteiger partial charge in [0.15, 0.2) is 17.3 Å². The van der Waals surface area contributed by atoms with Crippen LogP contribution in [0.25, 0.3) is 11.2 Å². The molecule has 1 saturated heterocycles. The van der Waals surface area contributed by atoms with Crippen LogP contribution in [0, 0.1) is 17.5 Å². The molecule has 1 aliphatic heterocycles. The lowest BCUT2D eigenvalue weighted by atomic mass is 9.93. The first-order valence-electron chi connectivity index (χ1n) is 11.4. The smallest absolute Gasteiger partial charge is 0.379 e. The van der Waals surface area contributed by atoms with E-state index in [0.717, 1.165) is 0 Å². The maximum absolute atomic E-state index is 14.3. The lowest BCUT2D eigenvalue weighted by Crippen LogP contribution is -2.30. The van der Waals surface area contributed by atoms with Gasteiger partial charge in [0, 0.05) is 24.8 Å². The second kappa shape index (κ2) is 9.94. The summed E-state index contributed by atoms with van der Waals surface area (Å²) >= 11 is 0. The fraction of sp³-hybridized carbons (Fsp3) is 0.476. The molecule has 1 aromatic carbocycles. The lowest BCUT2D eigenvalue weighted by molar-refractivity contribution is 0.101. The SMILES string of the molecule is O=P(O)(O)OC1CCC(Nc2ncc3nc(Nc4c(F)cc(F)cc4F)n([C@H]4CCOC4)c3n2)CC1. The van der Waals surface area contributed by atoms with Crippen LogP contribution in [0.5, 0.6) is 0 Å². The highest BCUT2D eigenvalue weighted by Crippen LogP contribution is 2.41. The van der Waals surface area contributed by atoms with Gasteiger partial charge in [-0.1, -0.05) is 0 Å². The summed E-state index contributed by atoms with van der Waals surface area (Å²) in [5.74, 6) is -2.79. The monoisotopic (exact) mass is 528 g/mol. The van der Waals surface area contributed by atoms with E-state index in [1.807, 2.05) is 0 Å². The Balaban J connectivity index is 1.40. The fourth-order valence-corrected chi connectivity index (χ4v) is 5.18. The number of aromatic nitrogens is 4. The van der Waals surface area contributed by atoms with Crippen molar-refractivity contribution in [2.24, 2.45) is 0 Å². The number of hydrogen-bond acceptors (Lipinski definition) is 8.